The second-order valence-electron chi connectivity index (χ2n) is 3.03. The van der Waals surface area contributed by atoms with Gasteiger partial charge in [0.2, 0.25) is 0 Å². The van der Waals surface area contributed by atoms with Crippen molar-refractivity contribution in [3.05, 3.63) is 29.3 Å². The van der Waals surface area contributed by atoms with Crippen molar-refractivity contribution >= 4 is 0 Å². The minimum absolute atomic E-state index is 0.512. The number of alkyl halides is 2. The Morgan fingerprint density at radius 2 is 1.69 bits per heavy atom. The van der Waals surface area contributed by atoms with Crippen LogP contribution in [0.15, 0.2) is 18.2 Å². The second-order valence-corrected chi connectivity index (χ2v) is 3.03. The molecule has 0 aliphatic rings. The van der Waals surface area contributed by atoms with Crippen LogP contribution in [0.2, 0.25) is 0 Å². The molecular formula is C10H12F2O. The lowest BCUT2D eigenvalue weighted by atomic mass is 10.1. The van der Waals surface area contributed by atoms with Crippen LogP contribution in [-0.4, -0.2) is 13.0 Å². The van der Waals surface area contributed by atoms with Gasteiger partial charge in [0.25, 0.3) is 6.43 Å². The highest BCUT2D eigenvalue weighted by atomic mass is 19.3. The lowest BCUT2D eigenvalue weighted by Gasteiger charge is -2.07. The summed E-state index contributed by atoms with van der Waals surface area (Å²) in [6.07, 6.45) is -2.42. The van der Waals surface area contributed by atoms with E-state index in [1.54, 1.807) is 12.1 Å². The van der Waals surface area contributed by atoms with Crippen LogP contribution in [0, 0.1) is 13.8 Å². The molecule has 0 aliphatic carbocycles. The standard InChI is InChI=1S/C10H12F2O/c1-7-3-8(2)5-9(4-7)13-6-10(11)12/h3-5,10H,6H2,1-2H3. The molecule has 3 heteroatoms. The molecule has 0 amide bonds. The van der Waals surface area contributed by atoms with Crippen molar-refractivity contribution in [3.63, 3.8) is 0 Å². The highest BCUT2D eigenvalue weighted by molar-refractivity contribution is 5.32. The van der Waals surface area contributed by atoms with E-state index in [-0.39, 0.29) is 0 Å². The van der Waals surface area contributed by atoms with Crippen molar-refractivity contribution in [2.75, 3.05) is 6.61 Å². The molecule has 0 atom stereocenters. The van der Waals surface area contributed by atoms with Crippen LogP contribution >= 0.6 is 0 Å². The second kappa shape index (κ2) is 4.21. The van der Waals surface area contributed by atoms with E-state index >= 15 is 0 Å². The fraction of sp³-hybridized carbons (Fsp3) is 0.400. The summed E-state index contributed by atoms with van der Waals surface area (Å²) in [6.45, 7) is 3.27. The first kappa shape index (κ1) is 9.96. The Morgan fingerprint density at radius 3 is 2.15 bits per heavy atom. The lowest BCUT2D eigenvalue weighted by Crippen LogP contribution is -2.07. The highest BCUT2D eigenvalue weighted by Gasteiger charge is 2.03. The van der Waals surface area contributed by atoms with Gasteiger partial charge < -0.3 is 4.74 Å². The molecule has 72 valence electrons. The van der Waals surface area contributed by atoms with E-state index in [4.69, 9.17) is 4.74 Å². The monoisotopic (exact) mass is 186 g/mol. The molecular weight excluding hydrogens is 174 g/mol. The molecule has 0 bridgehead atoms. The van der Waals surface area contributed by atoms with Gasteiger partial charge in [0.1, 0.15) is 12.4 Å². The van der Waals surface area contributed by atoms with E-state index < -0.39 is 13.0 Å². The summed E-state index contributed by atoms with van der Waals surface area (Å²) in [4.78, 5) is 0. The first-order chi connectivity index (χ1) is 6.08. The first-order valence-electron chi connectivity index (χ1n) is 4.07. The SMILES string of the molecule is Cc1cc(C)cc(OCC(F)F)c1. The highest BCUT2D eigenvalue weighted by Crippen LogP contribution is 2.16. The molecule has 1 aromatic rings. The fourth-order valence-corrected chi connectivity index (χ4v) is 1.18. The zero-order valence-electron chi connectivity index (χ0n) is 7.68. The molecule has 1 rings (SSSR count). The van der Waals surface area contributed by atoms with Crippen LogP contribution in [0.5, 0.6) is 5.75 Å². The van der Waals surface area contributed by atoms with Gasteiger partial charge in [0, 0.05) is 0 Å². The average Bonchev–Trinajstić information content (AvgIpc) is 1.99. The maximum Gasteiger partial charge on any atom is 0.272 e. The third kappa shape index (κ3) is 3.40. The van der Waals surface area contributed by atoms with Crippen molar-refractivity contribution in [1.82, 2.24) is 0 Å². The van der Waals surface area contributed by atoms with E-state index in [0.717, 1.165) is 11.1 Å². The van der Waals surface area contributed by atoms with Gasteiger partial charge in [-0.1, -0.05) is 6.07 Å². The Hall–Kier alpha value is -1.12. The van der Waals surface area contributed by atoms with E-state index in [9.17, 15) is 8.78 Å². The van der Waals surface area contributed by atoms with Crippen molar-refractivity contribution in [1.29, 1.82) is 0 Å². The van der Waals surface area contributed by atoms with Gasteiger partial charge >= 0.3 is 0 Å². The molecule has 0 unspecified atom stereocenters. The van der Waals surface area contributed by atoms with E-state index in [1.165, 1.54) is 0 Å². The predicted molar refractivity (Wildman–Crippen MR) is 47.4 cm³/mol. The molecule has 0 N–H and O–H groups in total. The molecule has 1 nitrogen and oxygen atoms in total. The molecule has 0 saturated carbocycles. The quantitative estimate of drug-likeness (QED) is 0.705. The Kier molecular flexibility index (Phi) is 3.23. The van der Waals surface area contributed by atoms with E-state index in [0.29, 0.717) is 5.75 Å². The van der Waals surface area contributed by atoms with Crippen molar-refractivity contribution < 1.29 is 13.5 Å². The maximum absolute atomic E-state index is 11.8. The number of hydrogen-bond acceptors (Lipinski definition) is 1. The van der Waals surface area contributed by atoms with Crippen LogP contribution in [0.4, 0.5) is 8.78 Å². The average molecular weight is 186 g/mol. The summed E-state index contributed by atoms with van der Waals surface area (Å²) in [6, 6.07) is 5.46. The molecule has 0 saturated heterocycles. The van der Waals surface area contributed by atoms with Gasteiger partial charge in [-0.25, -0.2) is 8.78 Å². The minimum atomic E-state index is -2.42. The molecule has 13 heavy (non-hydrogen) atoms. The Labute approximate surface area is 76.3 Å². The Morgan fingerprint density at radius 1 is 1.15 bits per heavy atom. The summed E-state index contributed by atoms with van der Waals surface area (Å²) in [5.41, 5.74) is 2.04. The van der Waals surface area contributed by atoms with Gasteiger partial charge in [-0.3, -0.25) is 0 Å². The summed E-state index contributed by atoms with van der Waals surface area (Å²) < 4.78 is 28.5. The van der Waals surface area contributed by atoms with Gasteiger partial charge in [-0.05, 0) is 37.1 Å². The van der Waals surface area contributed by atoms with Crippen molar-refractivity contribution in [2.45, 2.75) is 20.3 Å². The van der Waals surface area contributed by atoms with Crippen LogP contribution < -0.4 is 4.74 Å². The predicted octanol–water partition coefficient (Wildman–Crippen LogP) is 2.95. The minimum Gasteiger partial charge on any atom is -0.488 e. The largest absolute Gasteiger partial charge is 0.488 e. The van der Waals surface area contributed by atoms with Crippen LogP contribution in [0.1, 0.15) is 11.1 Å². The molecule has 0 aliphatic heterocycles. The van der Waals surface area contributed by atoms with Crippen LogP contribution in [0.3, 0.4) is 0 Å². The third-order valence-electron chi connectivity index (χ3n) is 1.57. The van der Waals surface area contributed by atoms with Gasteiger partial charge in [0.05, 0.1) is 0 Å². The zero-order valence-corrected chi connectivity index (χ0v) is 7.68. The first-order valence-corrected chi connectivity index (χ1v) is 4.07. The normalized spacial score (nSPS) is 10.5. The smallest absolute Gasteiger partial charge is 0.272 e. The zero-order chi connectivity index (χ0) is 9.84. The number of hydrogen-bond donors (Lipinski definition) is 0. The fourth-order valence-electron chi connectivity index (χ4n) is 1.18. The number of benzene rings is 1. The number of aryl methyl sites for hydroxylation is 2. The molecule has 0 heterocycles. The van der Waals surface area contributed by atoms with Gasteiger partial charge in [-0.15, -0.1) is 0 Å². The number of ether oxygens (including phenoxy) is 1. The maximum atomic E-state index is 11.8. The van der Waals surface area contributed by atoms with Gasteiger partial charge in [0.15, 0.2) is 0 Å². The summed E-state index contributed by atoms with van der Waals surface area (Å²) in [7, 11) is 0. The molecule has 1 aromatic carbocycles. The van der Waals surface area contributed by atoms with E-state index in [2.05, 4.69) is 0 Å². The topological polar surface area (TPSA) is 9.23 Å². The lowest BCUT2D eigenvalue weighted by molar-refractivity contribution is 0.0818. The number of rotatable bonds is 3. The van der Waals surface area contributed by atoms with E-state index in [1.807, 2.05) is 19.9 Å². The summed E-state index contributed by atoms with van der Waals surface area (Å²) in [5.74, 6) is 0.512. The summed E-state index contributed by atoms with van der Waals surface area (Å²) in [5, 5.41) is 0. The Balaban J connectivity index is 2.66. The number of halogens is 2. The molecule has 0 fully saturated rings. The Bertz CT molecular complexity index is 264. The van der Waals surface area contributed by atoms with Gasteiger partial charge in [-0.2, -0.15) is 0 Å². The third-order valence-corrected chi connectivity index (χ3v) is 1.57. The van der Waals surface area contributed by atoms with Crippen LogP contribution in [0.25, 0.3) is 0 Å². The molecule has 0 radical (unpaired) electrons. The summed E-state index contributed by atoms with van der Waals surface area (Å²) >= 11 is 0. The molecule has 0 aromatic heterocycles. The van der Waals surface area contributed by atoms with Crippen molar-refractivity contribution in [2.24, 2.45) is 0 Å². The van der Waals surface area contributed by atoms with Crippen molar-refractivity contribution in [3.8, 4) is 5.75 Å². The molecule has 0 spiro atoms. The van der Waals surface area contributed by atoms with Crippen LogP contribution in [-0.2, 0) is 0 Å².